The van der Waals surface area contributed by atoms with Gasteiger partial charge < -0.3 is 4.84 Å². The van der Waals surface area contributed by atoms with E-state index in [1.165, 1.54) is 18.3 Å². The zero-order valence-electron chi connectivity index (χ0n) is 11.5. The second kappa shape index (κ2) is 5.61. The van der Waals surface area contributed by atoms with Crippen LogP contribution in [0.25, 0.3) is 0 Å². The molecule has 116 valence electrons. The Bertz CT molecular complexity index is 783. The van der Waals surface area contributed by atoms with Crippen molar-refractivity contribution in [1.82, 2.24) is 4.98 Å². The first-order valence-corrected chi connectivity index (χ1v) is 6.52. The third-order valence-electron chi connectivity index (χ3n) is 3.10. The Morgan fingerprint density at radius 2 is 1.91 bits per heavy atom. The molecular weight excluding hydrogens is 309 g/mol. The van der Waals surface area contributed by atoms with Crippen LogP contribution < -0.4 is 5.06 Å². The Balaban J connectivity index is 2.03. The smallest absolute Gasteiger partial charge is 0.352 e. The monoisotopic (exact) mass is 318 g/mol. The van der Waals surface area contributed by atoms with Crippen LogP contribution in [-0.4, -0.2) is 17.1 Å². The van der Waals surface area contributed by atoms with Crippen molar-refractivity contribution >= 4 is 11.6 Å². The number of nitriles is 1. The molecule has 0 aliphatic carbocycles. The summed E-state index contributed by atoms with van der Waals surface area (Å²) in [7, 11) is 0. The van der Waals surface area contributed by atoms with E-state index in [0.717, 1.165) is 5.06 Å². The van der Waals surface area contributed by atoms with Crippen molar-refractivity contribution in [3.05, 3.63) is 59.9 Å². The molecule has 2 aromatic rings. The molecule has 1 unspecified atom stereocenters. The predicted molar refractivity (Wildman–Crippen MR) is 75.2 cm³/mol. The topological polar surface area (TPSA) is 61.5 Å². The summed E-state index contributed by atoms with van der Waals surface area (Å²) < 4.78 is 38.8. The number of aliphatic imine (C=N–C) groups is 1. The minimum absolute atomic E-state index is 0.0679. The van der Waals surface area contributed by atoms with E-state index in [2.05, 4.69) is 9.98 Å². The lowest BCUT2D eigenvalue weighted by Gasteiger charge is -2.23. The molecule has 3 rings (SSSR count). The molecule has 2 heterocycles. The number of rotatable bonds is 2. The molecule has 0 saturated heterocycles. The van der Waals surface area contributed by atoms with Gasteiger partial charge in [-0.15, -0.1) is 0 Å². The molecule has 1 aromatic heterocycles. The number of hydroxylamine groups is 1. The van der Waals surface area contributed by atoms with Crippen molar-refractivity contribution < 1.29 is 18.0 Å². The van der Waals surface area contributed by atoms with Crippen LogP contribution in [0, 0.1) is 11.3 Å². The largest absolute Gasteiger partial charge is 0.471 e. The van der Waals surface area contributed by atoms with Gasteiger partial charge in [0.1, 0.15) is 11.8 Å². The molecular formula is C15H9F3N4O. The first-order chi connectivity index (χ1) is 11.0. The van der Waals surface area contributed by atoms with Crippen LogP contribution in [0.5, 0.6) is 0 Å². The normalized spacial score (nSPS) is 17.4. The van der Waals surface area contributed by atoms with E-state index in [9.17, 15) is 13.2 Å². The maximum atomic E-state index is 12.9. The third kappa shape index (κ3) is 2.94. The van der Waals surface area contributed by atoms with E-state index >= 15 is 0 Å². The highest BCUT2D eigenvalue weighted by atomic mass is 19.4. The maximum Gasteiger partial charge on any atom is 0.471 e. The summed E-state index contributed by atoms with van der Waals surface area (Å²) in [6.07, 6.45) is -4.38. The van der Waals surface area contributed by atoms with Gasteiger partial charge >= 0.3 is 12.1 Å². The molecule has 0 fully saturated rings. The summed E-state index contributed by atoms with van der Waals surface area (Å²) in [5, 5.41) is 9.90. The molecule has 0 amide bonds. The molecule has 8 heteroatoms. The fourth-order valence-corrected chi connectivity index (χ4v) is 2.10. The Morgan fingerprint density at radius 1 is 1.17 bits per heavy atom. The molecule has 0 saturated carbocycles. The van der Waals surface area contributed by atoms with Crippen LogP contribution in [0.2, 0.25) is 0 Å². The summed E-state index contributed by atoms with van der Waals surface area (Å²) in [6.45, 7) is 0. The number of nitrogens with zero attached hydrogens (tertiary/aromatic N) is 4. The van der Waals surface area contributed by atoms with Crippen molar-refractivity contribution in [2.75, 3.05) is 5.06 Å². The van der Waals surface area contributed by atoms with Crippen molar-refractivity contribution in [3.63, 3.8) is 0 Å². The number of pyridine rings is 1. The number of aromatic nitrogens is 1. The number of benzene rings is 1. The second-order valence-electron chi connectivity index (χ2n) is 4.64. The zero-order valence-corrected chi connectivity index (χ0v) is 11.5. The van der Waals surface area contributed by atoms with Gasteiger partial charge in [0.2, 0.25) is 0 Å². The Hall–Kier alpha value is -3.08. The first kappa shape index (κ1) is 14.8. The van der Waals surface area contributed by atoms with Gasteiger partial charge in [-0.05, 0) is 11.6 Å². The molecule has 1 aliphatic rings. The van der Waals surface area contributed by atoms with Crippen LogP contribution in [0.4, 0.5) is 18.9 Å². The molecule has 0 spiro atoms. The lowest BCUT2D eigenvalue weighted by molar-refractivity contribution is -0.0766. The van der Waals surface area contributed by atoms with E-state index in [0.29, 0.717) is 5.56 Å². The summed E-state index contributed by atoms with van der Waals surface area (Å²) in [6, 6.07) is 13.1. The Morgan fingerprint density at radius 3 is 2.57 bits per heavy atom. The van der Waals surface area contributed by atoms with E-state index in [1.54, 1.807) is 30.3 Å². The number of hydrogen-bond donors (Lipinski definition) is 0. The molecule has 0 bridgehead atoms. The molecule has 0 radical (unpaired) electrons. The molecule has 1 aliphatic heterocycles. The van der Waals surface area contributed by atoms with Gasteiger partial charge in [-0.2, -0.15) is 23.5 Å². The number of anilines is 1. The van der Waals surface area contributed by atoms with Gasteiger partial charge in [0.25, 0.3) is 0 Å². The van der Waals surface area contributed by atoms with Crippen LogP contribution in [0.1, 0.15) is 17.4 Å². The van der Waals surface area contributed by atoms with E-state index in [-0.39, 0.29) is 11.4 Å². The van der Waals surface area contributed by atoms with Gasteiger partial charge in [-0.25, -0.2) is 9.98 Å². The lowest BCUT2D eigenvalue weighted by atomic mass is 10.1. The fraction of sp³-hybridized carbons (Fsp3) is 0.133. The Labute approximate surface area is 129 Å². The molecule has 0 N–H and O–H groups in total. The average Bonchev–Trinajstić information content (AvgIpc) is 3.01. The Kier molecular flexibility index (Phi) is 3.62. The zero-order chi connectivity index (χ0) is 16.4. The minimum atomic E-state index is -4.70. The number of hydrogen-bond acceptors (Lipinski definition) is 5. The lowest BCUT2D eigenvalue weighted by Crippen LogP contribution is -2.29. The third-order valence-corrected chi connectivity index (χ3v) is 3.10. The fourth-order valence-electron chi connectivity index (χ4n) is 2.10. The van der Waals surface area contributed by atoms with Gasteiger partial charge in [-0.1, -0.05) is 30.3 Å². The van der Waals surface area contributed by atoms with E-state index in [4.69, 9.17) is 10.1 Å². The molecule has 1 atom stereocenters. The van der Waals surface area contributed by atoms with Crippen molar-refractivity contribution in [2.24, 2.45) is 4.99 Å². The van der Waals surface area contributed by atoms with Gasteiger partial charge in [0.15, 0.2) is 6.17 Å². The highest BCUT2D eigenvalue weighted by Gasteiger charge is 2.46. The minimum Gasteiger partial charge on any atom is -0.352 e. The van der Waals surface area contributed by atoms with Crippen LogP contribution in [0.15, 0.2) is 53.7 Å². The predicted octanol–water partition coefficient (Wildman–Crippen LogP) is 3.36. The van der Waals surface area contributed by atoms with Gasteiger partial charge in [0.05, 0.1) is 5.69 Å². The van der Waals surface area contributed by atoms with E-state index < -0.39 is 18.2 Å². The van der Waals surface area contributed by atoms with E-state index in [1.807, 2.05) is 6.07 Å². The highest BCUT2D eigenvalue weighted by molar-refractivity contribution is 5.85. The summed E-state index contributed by atoms with van der Waals surface area (Å²) in [4.78, 5) is 12.3. The SMILES string of the molecule is N#Cc1cc(N2OC(C(F)(F)F)=NC2c2ccccc2)ccn1. The quantitative estimate of drug-likeness (QED) is 0.852. The van der Waals surface area contributed by atoms with Crippen molar-refractivity contribution in [2.45, 2.75) is 12.3 Å². The second-order valence-corrected chi connectivity index (χ2v) is 4.64. The number of alkyl halides is 3. The van der Waals surface area contributed by atoms with Crippen LogP contribution >= 0.6 is 0 Å². The maximum absolute atomic E-state index is 12.9. The van der Waals surface area contributed by atoms with Crippen LogP contribution in [-0.2, 0) is 4.84 Å². The highest BCUT2D eigenvalue weighted by Crippen LogP contribution is 2.36. The van der Waals surface area contributed by atoms with Crippen molar-refractivity contribution in [3.8, 4) is 6.07 Å². The summed E-state index contributed by atoms with van der Waals surface area (Å²) in [5.41, 5.74) is 0.855. The van der Waals surface area contributed by atoms with Gasteiger partial charge in [0, 0.05) is 12.3 Å². The molecule has 5 nitrogen and oxygen atoms in total. The number of halogens is 3. The summed E-state index contributed by atoms with van der Waals surface area (Å²) >= 11 is 0. The summed E-state index contributed by atoms with van der Waals surface area (Å²) in [5.74, 6) is -1.33. The average molecular weight is 318 g/mol. The standard InChI is InChI=1S/C15H9F3N4O/c16-15(17,18)14-21-13(10-4-2-1-3-5-10)22(23-14)12-6-7-20-11(8-12)9-19/h1-8,13H. The first-order valence-electron chi connectivity index (χ1n) is 6.52. The van der Waals surface area contributed by atoms with Gasteiger partial charge in [-0.3, -0.25) is 0 Å². The molecule has 23 heavy (non-hydrogen) atoms. The van der Waals surface area contributed by atoms with Crippen molar-refractivity contribution in [1.29, 1.82) is 5.26 Å². The molecule has 1 aromatic carbocycles. The van der Waals surface area contributed by atoms with Crippen LogP contribution in [0.3, 0.4) is 0 Å².